The average molecular weight is 358 g/mol. The third-order valence-corrected chi connectivity index (χ3v) is 4.00. The van der Waals surface area contributed by atoms with Crippen LogP contribution in [0, 0.1) is 0 Å². The summed E-state index contributed by atoms with van der Waals surface area (Å²) in [5.74, 6) is -0.0458. The fourth-order valence-electron chi connectivity index (χ4n) is 2.47. The number of carbonyl (C=O) groups excluding carboxylic acids is 1. The topological polar surface area (TPSA) is 99.8 Å². The molecule has 3 rings (SSSR count). The number of aromatic amines is 1. The quantitative estimate of drug-likeness (QED) is 0.666. The summed E-state index contributed by atoms with van der Waals surface area (Å²) in [7, 11) is 1.53. The van der Waals surface area contributed by atoms with Gasteiger partial charge in [-0.25, -0.2) is 9.97 Å². The van der Waals surface area contributed by atoms with Gasteiger partial charge < -0.3 is 15.6 Å². The number of hydrogen-bond donors (Lipinski definition) is 3. The maximum absolute atomic E-state index is 12.3. The minimum atomic E-state index is -0.368. The second-order valence-electron chi connectivity index (χ2n) is 5.50. The number of amides is 1. The van der Waals surface area contributed by atoms with Crippen LogP contribution in [0.5, 0.6) is 0 Å². The molecule has 3 aromatic rings. The third kappa shape index (κ3) is 3.61. The van der Waals surface area contributed by atoms with E-state index in [1.807, 2.05) is 6.92 Å². The number of H-pyrrole nitrogens is 1. The molecule has 8 heteroatoms. The smallest absolute Gasteiger partial charge is 0.269 e. The van der Waals surface area contributed by atoms with Gasteiger partial charge in [0.1, 0.15) is 5.69 Å². The number of rotatable bonds is 4. The van der Waals surface area contributed by atoms with Crippen molar-refractivity contribution in [2.24, 2.45) is 0 Å². The number of halogens is 1. The molecule has 7 nitrogen and oxygen atoms in total. The Hall–Kier alpha value is -2.93. The molecule has 1 atom stereocenters. The molecule has 0 aliphatic carbocycles. The Bertz CT molecular complexity index is 1000. The van der Waals surface area contributed by atoms with Gasteiger partial charge in [-0.3, -0.25) is 9.59 Å². The second kappa shape index (κ2) is 6.90. The van der Waals surface area contributed by atoms with Crippen LogP contribution in [0.4, 0.5) is 5.95 Å². The molecular formula is C17H16ClN5O2. The molecule has 0 saturated heterocycles. The van der Waals surface area contributed by atoms with Gasteiger partial charge in [0.2, 0.25) is 5.95 Å². The van der Waals surface area contributed by atoms with Crippen molar-refractivity contribution in [3.63, 3.8) is 0 Å². The van der Waals surface area contributed by atoms with Crippen molar-refractivity contribution in [2.45, 2.75) is 13.0 Å². The zero-order valence-corrected chi connectivity index (χ0v) is 14.4. The van der Waals surface area contributed by atoms with Gasteiger partial charge in [0.25, 0.3) is 11.5 Å². The van der Waals surface area contributed by atoms with E-state index in [0.717, 1.165) is 5.39 Å². The third-order valence-electron chi connectivity index (χ3n) is 3.76. The lowest BCUT2D eigenvalue weighted by atomic mass is 10.1. The van der Waals surface area contributed by atoms with Crippen LogP contribution in [0.25, 0.3) is 10.9 Å². The lowest BCUT2D eigenvalue weighted by Crippen LogP contribution is -2.22. The van der Waals surface area contributed by atoms with Crippen molar-refractivity contribution < 1.29 is 4.79 Å². The fourth-order valence-corrected chi connectivity index (χ4v) is 2.65. The van der Waals surface area contributed by atoms with Gasteiger partial charge in [-0.2, -0.15) is 0 Å². The Morgan fingerprint density at radius 2 is 2.08 bits per heavy atom. The lowest BCUT2D eigenvalue weighted by Gasteiger charge is -2.14. The van der Waals surface area contributed by atoms with E-state index in [9.17, 15) is 9.59 Å². The summed E-state index contributed by atoms with van der Waals surface area (Å²) in [6.07, 6.45) is 1.48. The van der Waals surface area contributed by atoms with E-state index in [2.05, 4.69) is 25.6 Å². The van der Waals surface area contributed by atoms with Crippen molar-refractivity contribution >= 4 is 34.4 Å². The fraction of sp³-hybridized carbons (Fsp3) is 0.176. The molecule has 1 amide bonds. The van der Waals surface area contributed by atoms with Gasteiger partial charge in [0.15, 0.2) is 0 Å². The minimum Gasteiger partial charge on any atom is -0.354 e. The molecule has 0 bridgehead atoms. The molecule has 128 valence electrons. The maximum atomic E-state index is 12.3. The van der Waals surface area contributed by atoms with E-state index >= 15 is 0 Å². The lowest BCUT2D eigenvalue weighted by molar-refractivity contribution is 0.0958. The number of aromatic nitrogens is 3. The summed E-state index contributed by atoms with van der Waals surface area (Å²) in [6.45, 7) is 1.82. The number of fused-ring (bicyclic) bond motifs is 1. The highest BCUT2D eigenvalue weighted by molar-refractivity contribution is 6.31. The molecule has 0 unspecified atom stereocenters. The first-order chi connectivity index (χ1) is 12.0. The van der Waals surface area contributed by atoms with E-state index in [1.54, 1.807) is 24.3 Å². The second-order valence-corrected chi connectivity index (χ2v) is 5.93. The van der Waals surface area contributed by atoms with Crippen LogP contribution in [0.15, 0.2) is 41.3 Å². The van der Waals surface area contributed by atoms with Crippen LogP contribution < -0.4 is 16.2 Å². The first kappa shape index (κ1) is 16.9. The summed E-state index contributed by atoms with van der Waals surface area (Å²) in [5, 5.41) is 6.97. The number of anilines is 1. The summed E-state index contributed by atoms with van der Waals surface area (Å²) in [6, 6.07) is 8.19. The zero-order valence-electron chi connectivity index (χ0n) is 13.6. The predicted octanol–water partition coefficient (Wildman–Crippen LogP) is 2.50. The first-order valence-electron chi connectivity index (χ1n) is 7.62. The zero-order chi connectivity index (χ0) is 18.0. The standard InChI is InChI=1S/C17H16ClN5O2/c1-9(21-17-20-6-5-14(23-17)16(25)19-2)12-8-10-7-11(18)3-4-13(10)22-15(12)24/h3-9H,1-2H3,(H,19,25)(H,22,24)(H,20,21,23)/t9-/m0/s1. The van der Waals surface area contributed by atoms with Gasteiger partial charge in [-0.05, 0) is 37.3 Å². The average Bonchev–Trinajstić information content (AvgIpc) is 2.61. The van der Waals surface area contributed by atoms with Gasteiger partial charge in [-0.15, -0.1) is 0 Å². The van der Waals surface area contributed by atoms with Gasteiger partial charge >= 0.3 is 0 Å². The van der Waals surface area contributed by atoms with Crippen LogP contribution in [-0.2, 0) is 0 Å². The van der Waals surface area contributed by atoms with Gasteiger partial charge in [-0.1, -0.05) is 11.6 Å². The SMILES string of the molecule is CNC(=O)c1ccnc(N[C@@H](C)c2cc3cc(Cl)ccc3[nH]c2=O)n1. The number of nitrogens with one attached hydrogen (secondary N) is 3. The molecule has 0 aliphatic rings. The number of benzene rings is 1. The number of hydrogen-bond acceptors (Lipinski definition) is 5. The minimum absolute atomic E-state index is 0.211. The highest BCUT2D eigenvalue weighted by Crippen LogP contribution is 2.20. The normalized spacial score (nSPS) is 12.0. The van der Waals surface area contributed by atoms with E-state index in [1.165, 1.54) is 19.3 Å². The van der Waals surface area contributed by atoms with E-state index in [-0.39, 0.29) is 29.2 Å². The van der Waals surface area contributed by atoms with E-state index in [4.69, 9.17) is 11.6 Å². The van der Waals surface area contributed by atoms with E-state index < -0.39 is 0 Å². The number of pyridine rings is 1. The van der Waals surface area contributed by atoms with Crippen molar-refractivity contribution in [2.75, 3.05) is 12.4 Å². The van der Waals surface area contributed by atoms with Crippen LogP contribution in [0.2, 0.25) is 5.02 Å². The summed E-state index contributed by atoms with van der Waals surface area (Å²) in [4.78, 5) is 35.1. The molecule has 3 N–H and O–H groups in total. The van der Waals surface area contributed by atoms with Crippen molar-refractivity contribution in [1.82, 2.24) is 20.3 Å². The number of nitrogens with zero attached hydrogens (tertiary/aromatic N) is 2. The Balaban J connectivity index is 1.92. The molecular weight excluding hydrogens is 342 g/mol. The van der Waals surface area contributed by atoms with E-state index in [0.29, 0.717) is 16.1 Å². The number of carbonyl (C=O) groups is 1. The Labute approximate surface area is 148 Å². The molecule has 2 aromatic heterocycles. The Kier molecular flexibility index (Phi) is 4.67. The van der Waals surface area contributed by atoms with Crippen LogP contribution in [-0.4, -0.2) is 27.9 Å². The van der Waals surface area contributed by atoms with Crippen molar-refractivity contribution in [3.8, 4) is 0 Å². The van der Waals surface area contributed by atoms with Crippen molar-refractivity contribution in [1.29, 1.82) is 0 Å². The molecule has 0 radical (unpaired) electrons. The molecule has 0 fully saturated rings. The van der Waals surface area contributed by atoms with Crippen LogP contribution in [0.1, 0.15) is 29.0 Å². The summed E-state index contributed by atoms with van der Waals surface area (Å²) in [5.41, 5.74) is 1.26. The highest BCUT2D eigenvalue weighted by Gasteiger charge is 2.14. The largest absolute Gasteiger partial charge is 0.354 e. The predicted molar refractivity (Wildman–Crippen MR) is 97.0 cm³/mol. The monoisotopic (exact) mass is 357 g/mol. The molecule has 0 saturated carbocycles. The maximum Gasteiger partial charge on any atom is 0.269 e. The Morgan fingerprint density at radius 3 is 2.84 bits per heavy atom. The molecule has 0 aliphatic heterocycles. The molecule has 1 aromatic carbocycles. The van der Waals surface area contributed by atoms with Crippen molar-refractivity contribution in [3.05, 3.63) is 63.2 Å². The first-order valence-corrected chi connectivity index (χ1v) is 8.00. The van der Waals surface area contributed by atoms with Crippen LogP contribution >= 0.6 is 11.6 Å². The van der Waals surface area contributed by atoms with Gasteiger partial charge in [0.05, 0.1) is 6.04 Å². The molecule has 25 heavy (non-hydrogen) atoms. The van der Waals surface area contributed by atoms with Gasteiger partial charge in [0, 0.05) is 34.7 Å². The summed E-state index contributed by atoms with van der Waals surface area (Å²) >= 11 is 6.02. The van der Waals surface area contributed by atoms with Crippen LogP contribution in [0.3, 0.4) is 0 Å². The Morgan fingerprint density at radius 1 is 1.28 bits per heavy atom. The highest BCUT2D eigenvalue weighted by atomic mass is 35.5. The summed E-state index contributed by atoms with van der Waals surface area (Å²) < 4.78 is 0. The molecule has 0 spiro atoms. The molecule has 2 heterocycles.